The van der Waals surface area contributed by atoms with Crippen LogP contribution in [-0.4, -0.2) is 10.9 Å². The van der Waals surface area contributed by atoms with E-state index in [1.165, 1.54) is 5.01 Å². The molecule has 0 aliphatic carbocycles. The lowest BCUT2D eigenvalue weighted by Crippen LogP contribution is -2.30. The third-order valence-electron chi connectivity index (χ3n) is 1.96. The first-order valence-corrected chi connectivity index (χ1v) is 3.63. The Bertz CT molecular complexity index is 348. The molecule has 1 aliphatic rings. The minimum absolute atomic E-state index is 0.134. The van der Waals surface area contributed by atoms with Crippen LogP contribution in [-0.2, 0) is 6.54 Å². The van der Waals surface area contributed by atoms with E-state index in [9.17, 15) is 4.79 Å². The van der Waals surface area contributed by atoms with Crippen molar-refractivity contribution in [2.75, 3.05) is 5.73 Å². The fourth-order valence-corrected chi connectivity index (χ4v) is 1.36. The van der Waals surface area contributed by atoms with Gasteiger partial charge in [0.05, 0.1) is 6.54 Å². The molecule has 0 atom stereocenters. The number of hydrogen-bond donors (Lipinski definition) is 2. The SMILES string of the molecule is Nc1ccc2c(c1)CN(N)C2=O. The van der Waals surface area contributed by atoms with Crippen molar-refractivity contribution in [3.8, 4) is 0 Å². The zero-order valence-electron chi connectivity index (χ0n) is 6.45. The van der Waals surface area contributed by atoms with Crippen LogP contribution < -0.4 is 11.6 Å². The summed E-state index contributed by atoms with van der Waals surface area (Å²) in [4.78, 5) is 11.3. The average molecular weight is 163 g/mol. The molecular formula is C8H9N3O. The van der Waals surface area contributed by atoms with Crippen molar-refractivity contribution in [1.82, 2.24) is 5.01 Å². The van der Waals surface area contributed by atoms with E-state index in [0.717, 1.165) is 5.56 Å². The molecule has 1 aromatic carbocycles. The van der Waals surface area contributed by atoms with Gasteiger partial charge in [-0.25, -0.2) is 5.84 Å². The molecule has 62 valence electrons. The number of anilines is 1. The second-order valence-electron chi connectivity index (χ2n) is 2.85. The Morgan fingerprint density at radius 3 is 2.92 bits per heavy atom. The molecule has 0 radical (unpaired) electrons. The van der Waals surface area contributed by atoms with Crippen molar-refractivity contribution in [3.05, 3.63) is 29.3 Å². The lowest BCUT2D eigenvalue weighted by molar-refractivity contribution is 0.0778. The van der Waals surface area contributed by atoms with Gasteiger partial charge in [0.15, 0.2) is 0 Å². The van der Waals surface area contributed by atoms with Crippen LogP contribution in [0.2, 0.25) is 0 Å². The fraction of sp³-hybridized carbons (Fsp3) is 0.125. The highest BCUT2D eigenvalue weighted by atomic mass is 16.2. The van der Waals surface area contributed by atoms with Crippen LogP contribution in [0.25, 0.3) is 0 Å². The quantitative estimate of drug-likeness (QED) is 0.323. The first kappa shape index (κ1) is 7.12. The zero-order chi connectivity index (χ0) is 8.72. The predicted octanol–water partition coefficient (Wildman–Crippen LogP) is 0.0983. The van der Waals surface area contributed by atoms with Gasteiger partial charge in [0, 0.05) is 11.3 Å². The first-order chi connectivity index (χ1) is 5.68. The van der Waals surface area contributed by atoms with Gasteiger partial charge >= 0.3 is 0 Å². The van der Waals surface area contributed by atoms with E-state index in [2.05, 4.69) is 0 Å². The molecule has 4 heteroatoms. The molecule has 2 rings (SSSR count). The summed E-state index contributed by atoms with van der Waals surface area (Å²) >= 11 is 0. The number of rotatable bonds is 0. The fourth-order valence-electron chi connectivity index (χ4n) is 1.36. The molecule has 4 N–H and O–H groups in total. The molecule has 4 nitrogen and oxygen atoms in total. The highest BCUT2D eigenvalue weighted by Gasteiger charge is 2.24. The van der Waals surface area contributed by atoms with E-state index >= 15 is 0 Å². The minimum atomic E-state index is -0.134. The number of nitrogens with zero attached hydrogens (tertiary/aromatic N) is 1. The van der Waals surface area contributed by atoms with Crippen molar-refractivity contribution < 1.29 is 4.79 Å². The van der Waals surface area contributed by atoms with Gasteiger partial charge < -0.3 is 5.73 Å². The van der Waals surface area contributed by atoms with Crippen molar-refractivity contribution in [2.24, 2.45) is 5.84 Å². The molecule has 0 aromatic heterocycles. The van der Waals surface area contributed by atoms with Gasteiger partial charge in [0.2, 0.25) is 0 Å². The van der Waals surface area contributed by atoms with Crippen molar-refractivity contribution >= 4 is 11.6 Å². The summed E-state index contributed by atoms with van der Waals surface area (Å²) in [6, 6.07) is 5.19. The average Bonchev–Trinajstić information content (AvgIpc) is 2.28. The normalized spacial score (nSPS) is 15.1. The van der Waals surface area contributed by atoms with Gasteiger partial charge in [-0.3, -0.25) is 9.80 Å². The first-order valence-electron chi connectivity index (χ1n) is 3.63. The maximum absolute atomic E-state index is 11.3. The molecular weight excluding hydrogens is 154 g/mol. The van der Waals surface area contributed by atoms with E-state index in [-0.39, 0.29) is 5.91 Å². The van der Waals surface area contributed by atoms with Crippen LogP contribution in [0.1, 0.15) is 15.9 Å². The van der Waals surface area contributed by atoms with E-state index in [1.54, 1.807) is 18.2 Å². The van der Waals surface area contributed by atoms with Gasteiger partial charge in [-0.05, 0) is 23.8 Å². The molecule has 0 unspecified atom stereocenters. The summed E-state index contributed by atoms with van der Waals surface area (Å²) in [6.45, 7) is 0.458. The number of benzene rings is 1. The number of carbonyl (C=O) groups excluding carboxylic acids is 1. The summed E-state index contributed by atoms with van der Waals surface area (Å²) in [5.74, 6) is 5.29. The van der Waals surface area contributed by atoms with Gasteiger partial charge in [0.1, 0.15) is 0 Å². The highest BCUT2D eigenvalue weighted by Crippen LogP contribution is 2.21. The molecule has 1 amide bonds. The van der Waals surface area contributed by atoms with E-state index in [4.69, 9.17) is 11.6 Å². The summed E-state index contributed by atoms with van der Waals surface area (Å²) in [6.07, 6.45) is 0. The van der Waals surface area contributed by atoms with E-state index in [0.29, 0.717) is 17.8 Å². The molecule has 0 saturated heterocycles. The highest BCUT2D eigenvalue weighted by molar-refractivity contribution is 5.98. The van der Waals surface area contributed by atoms with E-state index < -0.39 is 0 Å². The number of nitrogens with two attached hydrogens (primary N) is 2. The maximum atomic E-state index is 11.3. The molecule has 0 fully saturated rings. The Hall–Kier alpha value is -1.55. The Morgan fingerprint density at radius 1 is 1.42 bits per heavy atom. The third-order valence-corrected chi connectivity index (χ3v) is 1.96. The van der Waals surface area contributed by atoms with Gasteiger partial charge in [-0.2, -0.15) is 0 Å². The zero-order valence-corrected chi connectivity index (χ0v) is 6.45. The molecule has 12 heavy (non-hydrogen) atoms. The summed E-state index contributed by atoms with van der Waals surface area (Å²) < 4.78 is 0. The van der Waals surface area contributed by atoms with Gasteiger partial charge in [0.25, 0.3) is 5.91 Å². The van der Waals surface area contributed by atoms with Crippen molar-refractivity contribution in [3.63, 3.8) is 0 Å². The Labute approximate surface area is 69.7 Å². The van der Waals surface area contributed by atoms with Crippen molar-refractivity contribution in [2.45, 2.75) is 6.54 Å². The topological polar surface area (TPSA) is 72.3 Å². The Morgan fingerprint density at radius 2 is 2.17 bits per heavy atom. The number of fused-ring (bicyclic) bond motifs is 1. The van der Waals surface area contributed by atoms with Crippen LogP contribution in [0.4, 0.5) is 5.69 Å². The molecule has 0 spiro atoms. The predicted molar refractivity (Wildman–Crippen MR) is 44.9 cm³/mol. The summed E-state index contributed by atoms with van der Waals surface area (Å²) in [5, 5.41) is 1.18. The molecule has 0 bridgehead atoms. The van der Waals surface area contributed by atoms with Crippen LogP contribution in [0.5, 0.6) is 0 Å². The number of amides is 1. The number of hydrazine groups is 1. The maximum Gasteiger partial charge on any atom is 0.268 e. The van der Waals surface area contributed by atoms with Gasteiger partial charge in [-0.15, -0.1) is 0 Å². The summed E-state index contributed by atoms with van der Waals surface area (Å²) in [5.41, 5.74) is 7.78. The standard InChI is InChI=1S/C8H9N3O/c9-6-1-2-7-5(3-6)4-11(10)8(7)12/h1-3H,4,9-10H2. The molecule has 0 saturated carbocycles. The second kappa shape index (κ2) is 2.22. The Kier molecular flexibility index (Phi) is 1.31. The monoisotopic (exact) mass is 163 g/mol. The second-order valence-corrected chi connectivity index (χ2v) is 2.85. The van der Waals surface area contributed by atoms with Crippen LogP contribution >= 0.6 is 0 Å². The molecule has 1 aliphatic heterocycles. The molecule has 1 heterocycles. The lowest BCUT2D eigenvalue weighted by atomic mass is 10.1. The van der Waals surface area contributed by atoms with Crippen LogP contribution in [0.15, 0.2) is 18.2 Å². The van der Waals surface area contributed by atoms with Crippen LogP contribution in [0, 0.1) is 0 Å². The lowest BCUT2D eigenvalue weighted by Gasteiger charge is -2.04. The smallest absolute Gasteiger partial charge is 0.268 e. The third kappa shape index (κ3) is 0.853. The Balaban J connectivity index is 2.54. The van der Waals surface area contributed by atoms with Crippen molar-refractivity contribution in [1.29, 1.82) is 0 Å². The number of hydrogen-bond acceptors (Lipinski definition) is 3. The number of nitrogen functional groups attached to an aromatic ring is 1. The van der Waals surface area contributed by atoms with E-state index in [1.807, 2.05) is 0 Å². The van der Waals surface area contributed by atoms with Crippen LogP contribution in [0.3, 0.4) is 0 Å². The summed E-state index contributed by atoms with van der Waals surface area (Å²) in [7, 11) is 0. The largest absolute Gasteiger partial charge is 0.399 e. The molecule has 1 aromatic rings. The number of carbonyl (C=O) groups is 1. The minimum Gasteiger partial charge on any atom is -0.399 e. The van der Waals surface area contributed by atoms with Gasteiger partial charge in [-0.1, -0.05) is 0 Å².